The van der Waals surface area contributed by atoms with Crippen LogP contribution in [-0.2, 0) is 14.8 Å². The minimum Gasteiger partial charge on any atom is -0.480 e. The van der Waals surface area contributed by atoms with Crippen molar-refractivity contribution in [2.75, 3.05) is 0 Å². The summed E-state index contributed by atoms with van der Waals surface area (Å²) < 4.78 is 26.9. The first-order valence-electron chi connectivity index (χ1n) is 4.90. The van der Waals surface area contributed by atoms with Gasteiger partial charge in [0.2, 0.25) is 10.0 Å². The van der Waals surface area contributed by atoms with Gasteiger partial charge >= 0.3 is 5.97 Å². The smallest absolute Gasteiger partial charge is 0.322 e. The van der Waals surface area contributed by atoms with Crippen molar-refractivity contribution in [1.29, 1.82) is 0 Å². The van der Waals surface area contributed by atoms with E-state index in [1.165, 1.54) is 23.5 Å². The Kier molecular flexibility index (Phi) is 5.09. The summed E-state index contributed by atoms with van der Waals surface area (Å²) in [5.41, 5.74) is 0. The van der Waals surface area contributed by atoms with Crippen molar-refractivity contribution < 1.29 is 18.3 Å². The maximum atomic E-state index is 12.0. The zero-order chi connectivity index (χ0) is 13.9. The van der Waals surface area contributed by atoms with Crippen molar-refractivity contribution in [3.8, 4) is 0 Å². The van der Waals surface area contributed by atoms with E-state index in [2.05, 4.69) is 27.2 Å². The standard InChI is InChI=1S/C10H12BrNO4S2/c1-3-4-7(10(13)14)12-18(15,16)8-5-9(11)17-6(8)2/h3,5,7,12H,1,4H2,2H3,(H,13,14). The summed E-state index contributed by atoms with van der Waals surface area (Å²) in [6.45, 7) is 5.06. The summed E-state index contributed by atoms with van der Waals surface area (Å²) in [6, 6.07) is 0.250. The SMILES string of the molecule is C=CCC(NS(=O)(=O)c1cc(Br)sc1C)C(=O)O. The molecule has 1 aromatic heterocycles. The van der Waals surface area contributed by atoms with Crippen LogP contribution in [-0.4, -0.2) is 25.5 Å². The number of carboxylic acid groups (broad SMARTS) is 1. The van der Waals surface area contributed by atoms with Gasteiger partial charge in [-0.3, -0.25) is 4.79 Å². The zero-order valence-corrected chi connectivity index (χ0v) is 12.7. The van der Waals surface area contributed by atoms with Crippen LogP contribution >= 0.6 is 27.3 Å². The van der Waals surface area contributed by atoms with E-state index >= 15 is 0 Å². The molecule has 0 radical (unpaired) electrons. The largest absolute Gasteiger partial charge is 0.480 e. The molecule has 0 aromatic carbocycles. The van der Waals surface area contributed by atoms with E-state index in [-0.39, 0.29) is 11.3 Å². The van der Waals surface area contributed by atoms with Gasteiger partial charge in [-0.05, 0) is 35.3 Å². The molecular formula is C10H12BrNO4S2. The van der Waals surface area contributed by atoms with Crippen molar-refractivity contribution in [3.05, 3.63) is 27.4 Å². The average Bonchev–Trinajstić information content (AvgIpc) is 2.57. The number of carboxylic acids is 1. The van der Waals surface area contributed by atoms with Gasteiger partial charge in [-0.1, -0.05) is 6.08 Å². The zero-order valence-electron chi connectivity index (χ0n) is 9.51. The van der Waals surface area contributed by atoms with Crippen LogP contribution in [0, 0.1) is 6.92 Å². The molecule has 0 aliphatic heterocycles. The van der Waals surface area contributed by atoms with Crippen LogP contribution in [0.4, 0.5) is 0 Å². The lowest BCUT2D eigenvalue weighted by Gasteiger charge is -2.12. The van der Waals surface area contributed by atoms with Crippen molar-refractivity contribution in [3.63, 3.8) is 0 Å². The number of hydrogen-bond acceptors (Lipinski definition) is 4. The van der Waals surface area contributed by atoms with E-state index in [9.17, 15) is 13.2 Å². The number of nitrogens with one attached hydrogen (secondary N) is 1. The van der Waals surface area contributed by atoms with Crippen molar-refractivity contribution in [2.45, 2.75) is 24.3 Å². The molecule has 0 spiro atoms. The van der Waals surface area contributed by atoms with Gasteiger partial charge in [0, 0.05) is 4.88 Å². The predicted molar refractivity (Wildman–Crippen MR) is 73.3 cm³/mol. The Hall–Kier alpha value is -0.700. The molecule has 1 rings (SSSR count). The molecule has 18 heavy (non-hydrogen) atoms. The van der Waals surface area contributed by atoms with Crippen LogP contribution in [0.25, 0.3) is 0 Å². The Morgan fingerprint density at radius 2 is 2.33 bits per heavy atom. The molecule has 0 saturated carbocycles. The molecule has 0 fully saturated rings. The number of sulfonamides is 1. The molecule has 0 aliphatic carbocycles. The minimum absolute atomic E-state index is 0.0267. The van der Waals surface area contributed by atoms with E-state index < -0.39 is 22.0 Å². The van der Waals surface area contributed by atoms with Crippen molar-refractivity contribution in [1.82, 2.24) is 4.72 Å². The summed E-state index contributed by atoms with van der Waals surface area (Å²) in [7, 11) is -3.83. The normalized spacial score (nSPS) is 13.2. The van der Waals surface area contributed by atoms with E-state index in [1.54, 1.807) is 6.92 Å². The van der Waals surface area contributed by atoms with E-state index in [1.807, 2.05) is 0 Å². The average molecular weight is 354 g/mol. The second kappa shape index (κ2) is 5.96. The van der Waals surface area contributed by atoms with Gasteiger partial charge in [0.1, 0.15) is 6.04 Å². The molecule has 1 heterocycles. The molecule has 0 aliphatic rings. The van der Waals surface area contributed by atoms with Crippen LogP contribution in [0.5, 0.6) is 0 Å². The van der Waals surface area contributed by atoms with E-state index in [0.29, 0.717) is 8.66 Å². The Balaban J connectivity index is 3.04. The lowest BCUT2D eigenvalue weighted by Crippen LogP contribution is -2.40. The van der Waals surface area contributed by atoms with Crippen molar-refractivity contribution >= 4 is 43.3 Å². The van der Waals surface area contributed by atoms with Gasteiger partial charge in [-0.15, -0.1) is 17.9 Å². The minimum atomic E-state index is -3.83. The monoisotopic (exact) mass is 353 g/mol. The van der Waals surface area contributed by atoms with Gasteiger partial charge in [-0.2, -0.15) is 4.72 Å². The maximum absolute atomic E-state index is 12.0. The Morgan fingerprint density at radius 1 is 1.72 bits per heavy atom. The highest BCUT2D eigenvalue weighted by Crippen LogP contribution is 2.29. The molecule has 0 amide bonds. The van der Waals surface area contributed by atoms with Gasteiger partial charge in [0.25, 0.3) is 0 Å². The van der Waals surface area contributed by atoms with Gasteiger partial charge in [0.05, 0.1) is 8.68 Å². The highest BCUT2D eigenvalue weighted by atomic mass is 79.9. The molecule has 5 nitrogen and oxygen atoms in total. The third-order valence-corrected chi connectivity index (χ3v) is 5.41. The summed E-state index contributed by atoms with van der Waals surface area (Å²) >= 11 is 4.47. The van der Waals surface area contributed by atoms with Crippen molar-refractivity contribution in [2.24, 2.45) is 0 Å². The number of rotatable bonds is 6. The van der Waals surface area contributed by atoms with Crippen LogP contribution < -0.4 is 4.72 Å². The second-order valence-electron chi connectivity index (χ2n) is 3.51. The lowest BCUT2D eigenvalue weighted by atomic mass is 10.2. The number of aliphatic carboxylic acids is 1. The van der Waals surface area contributed by atoms with Gasteiger partial charge in [0.15, 0.2) is 0 Å². The van der Waals surface area contributed by atoms with Gasteiger partial charge < -0.3 is 5.11 Å². The molecule has 0 saturated heterocycles. The number of thiophene rings is 1. The highest BCUT2D eigenvalue weighted by Gasteiger charge is 2.26. The summed E-state index contributed by atoms with van der Waals surface area (Å²) in [4.78, 5) is 11.6. The predicted octanol–water partition coefficient (Wildman–Crippen LogP) is 2.13. The number of halogens is 1. The Bertz CT molecular complexity index is 564. The first kappa shape index (κ1) is 15.4. The van der Waals surface area contributed by atoms with Crippen LogP contribution in [0.2, 0.25) is 0 Å². The third-order valence-electron chi connectivity index (χ3n) is 2.13. The summed E-state index contributed by atoms with van der Waals surface area (Å²) in [5.74, 6) is -1.23. The fourth-order valence-electron chi connectivity index (χ4n) is 1.31. The van der Waals surface area contributed by atoms with Crippen LogP contribution in [0.1, 0.15) is 11.3 Å². The van der Waals surface area contributed by atoms with E-state index in [4.69, 9.17) is 5.11 Å². The third kappa shape index (κ3) is 3.64. The number of hydrogen-bond donors (Lipinski definition) is 2. The molecule has 1 unspecified atom stereocenters. The first-order chi connectivity index (χ1) is 8.27. The van der Waals surface area contributed by atoms with Crippen LogP contribution in [0.15, 0.2) is 27.4 Å². The fraction of sp³-hybridized carbons (Fsp3) is 0.300. The lowest BCUT2D eigenvalue weighted by molar-refractivity contribution is -0.138. The molecule has 2 N–H and O–H groups in total. The Morgan fingerprint density at radius 3 is 2.72 bits per heavy atom. The maximum Gasteiger partial charge on any atom is 0.322 e. The molecular weight excluding hydrogens is 342 g/mol. The molecule has 1 atom stereocenters. The molecule has 1 aromatic rings. The summed E-state index contributed by atoms with van der Waals surface area (Å²) in [5, 5.41) is 8.91. The number of carbonyl (C=O) groups is 1. The van der Waals surface area contributed by atoms with Gasteiger partial charge in [-0.25, -0.2) is 8.42 Å². The quantitative estimate of drug-likeness (QED) is 0.767. The first-order valence-corrected chi connectivity index (χ1v) is 7.99. The van der Waals surface area contributed by atoms with E-state index in [0.717, 1.165) is 0 Å². The second-order valence-corrected chi connectivity index (χ2v) is 7.83. The molecule has 100 valence electrons. The fourth-order valence-corrected chi connectivity index (χ4v) is 4.93. The molecule has 0 bridgehead atoms. The molecule has 8 heteroatoms. The number of aryl methyl sites for hydroxylation is 1. The highest BCUT2D eigenvalue weighted by molar-refractivity contribution is 9.11. The Labute approximate surface area is 118 Å². The summed E-state index contributed by atoms with van der Waals surface area (Å²) in [6.07, 6.45) is 1.39. The topological polar surface area (TPSA) is 83.5 Å². The van der Waals surface area contributed by atoms with Crippen LogP contribution in [0.3, 0.4) is 0 Å².